The van der Waals surface area contributed by atoms with Crippen molar-refractivity contribution >= 4 is 29.1 Å². The average molecular weight is 370 g/mol. The quantitative estimate of drug-likeness (QED) is 0.813. The largest absolute Gasteiger partial charge is 0.356 e. The van der Waals surface area contributed by atoms with E-state index in [0.29, 0.717) is 29.2 Å². The number of hydrogen-bond donors (Lipinski definition) is 1. The first kappa shape index (κ1) is 19.5. The van der Waals surface area contributed by atoms with E-state index < -0.39 is 0 Å². The molecule has 26 heavy (non-hydrogen) atoms. The fraction of sp³-hybridized carbons (Fsp3) is 0.250. The highest BCUT2D eigenvalue weighted by atomic mass is 35.5. The van der Waals surface area contributed by atoms with Crippen LogP contribution >= 0.6 is 11.6 Å². The summed E-state index contributed by atoms with van der Waals surface area (Å²) in [6.07, 6.45) is 0.874. The minimum absolute atomic E-state index is 0.130. The van der Waals surface area contributed by atoms with Gasteiger partial charge in [0.25, 0.3) is 0 Å². The van der Waals surface area contributed by atoms with Crippen molar-refractivity contribution in [1.82, 2.24) is 5.32 Å². The molecule has 134 valence electrons. The molecule has 0 saturated carbocycles. The van der Waals surface area contributed by atoms with E-state index in [-0.39, 0.29) is 24.8 Å². The molecule has 0 aromatic heterocycles. The van der Waals surface area contributed by atoms with Gasteiger partial charge in [-0.15, -0.1) is 0 Å². The number of amides is 2. The molecule has 6 heteroatoms. The molecule has 0 saturated heterocycles. The molecule has 2 aromatic rings. The van der Waals surface area contributed by atoms with Crippen LogP contribution in [0.2, 0.25) is 5.02 Å². The van der Waals surface area contributed by atoms with E-state index in [1.54, 1.807) is 30.3 Å². The molecule has 1 N–H and O–H groups in total. The standard InChI is InChI=1S/C20H20ClN3O2/c1-15(25)24(19-7-3-5-17(13-19)14-22)11-9-20(26)23-10-8-16-4-2-6-18(21)12-16/h2-7,12-13H,8-11H2,1H3,(H,23,26). The van der Waals surface area contributed by atoms with Gasteiger partial charge in [-0.3, -0.25) is 9.59 Å². The van der Waals surface area contributed by atoms with Crippen molar-refractivity contribution in [2.75, 3.05) is 18.0 Å². The van der Waals surface area contributed by atoms with Crippen LogP contribution in [0.5, 0.6) is 0 Å². The third-order valence-electron chi connectivity index (χ3n) is 3.85. The zero-order valence-corrected chi connectivity index (χ0v) is 15.3. The predicted molar refractivity (Wildman–Crippen MR) is 102 cm³/mol. The van der Waals surface area contributed by atoms with Gasteiger partial charge in [0.15, 0.2) is 0 Å². The van der Waals surface area contributed by atoms with Crippen molar-refractivity contribution < 1.29 is 9.59 Å². The average Bonchev–Trinajstić information content (AvgIpc) is 2.62. The number of nitriles is 1. The summed E-state index contributed by atoms with van der Waals surface area (Å²) in [5.41, 5.74) is 2.14. The van der Waals surface area contributed by atoms with Crippen LogP contribution in [0.4, 0.5) is 5.69 Å². The van der Waals surface area contributed by atoms with Crippen LogP contribution < -0.4 is 10.2 Å². The molecule has 5 nitrogen and oxygen atoms in total. The molecule has 0 atom stereocenters. The minimum Gasteiger partial charge on any atom is -0.356 e. The number of hydrogen-bond acceptors (Lipinski definition) is 3. The summed E-state index contributed by atoms with van der Waals surface area (Å²) in [6, 6.07) is 16.3. The minimum atomic E-state index is -0.174. The van der Waals surface area contributed by atoms with Gasteiger partial charge < -0.3 is 10.2 Å². The predicted octanol–water partition coefficient (Wildman–Crippen LogP) is 3.31. The van der Waals surface area contributed by atoms with E-state index in [4.69, 9.17) is 16.9 Å². The van der Waals surface area contributed by atoms with Crippen LogP contribution in [0.15, 0.2) is 48.5 Å². The molecule has 2 aromatic carbocycles. The van der Waals surface area contributed by atoms with Crippen LogP contribution in [0.3, 0.4) is 0 Å². The zero-order chi connectivity index (χ0) is 18.9. The van der Waals surface area contributed by atoms with E-state index in [1.165, 1.54) is 11.8 Å². The molecule has 0 fully saturated rings. The van der Waals surface area contributed by atoms with E-state index >= 15 is 0 Å². The summed E-state index contributed by atoms with van der Waals surface area (Å²) < 4.78 is 0. The number of carbonyl (C=O) groups is 2. The monoisotopic (exact) mass is 369 g/mol. The number of rotatable bonds is 7. The summed E-state index contributed by atoms with van der Waals surface area (Å²) in [6.45, 7) is 2.20. The number of halogens is 1. The molecule has 0 aliphatic heterocycles. The molecule has 0 unspecified atom stereocenters. The van der Waals surface area contributed by atoms with Gasteiger partial charge in [0.1, 0.15) is 0 Å². The number of benzene rings is 2. The van der Waals surface area contributed by atoms with Crippen molar-refractivity contribution in [3.8, 4) is 6.07 Å². The van der Waals surface area contributed by atoms with E-state index in [9.17, 15) is 9.59 Å². The SMILES string of the molecule is CC(=O)N(CCC(=O)NCCc1cccc(Cl)c1)c1cccc(C#N)c1. The van der Waals surface area contributed by atoms with Gasteiger partial charge in [0.05, 0.1) is 11.6 Å². The van der Waals surface area contributed by atoms with E-state index in [2.05, 4.69) is 5.32 Å². The fourth-order valence-corrected chi connectivity index (χ4v) is 2.77. The summed E-state index contributed by atoms with van der Waals surface area (Å²) in [5.74, 6) is -0.304. The number of anilines is 1. The van der Waals surface area contributed by atoms with Crippen LogP contribution in [0.1, 0.15) is 24.5 Å². The molecule has 0 aliphatic carbocycles. The summed E-state index contributed by atoms with van der Waals surface area (Å²) >= 11 is 5.94. The summed E-state index contributed by atoms with van der Waals surface area (Å²) in [5, 5.41) is 12.5. The number of nitrogens with one attached hydrogen (secondary N) is 1. The second kappa shape index (κ2) is 9.59. The normalized spacial score (nSPS) is 10.0. The van der Waals surface area contributed by atoms with Gasteiger partial charge in [-0.1, -0.05) is 29.8 Å². The topological polar surface area (TPSA) is 73.2 Å². The Morgan fingerprint density at radius 2 is 1.96 bits per heavy atom. The lowest BCUT2D eigenvalue weighted by Gasteiger charge is -2.21. The van der Waals surface area contributed by atoms with Crippen molar-refractivity contribution in [2.24, 2.45) is 0 Å². The van der Waals surface area contributed by atoms with Gasteiger partial charge in [-0.2, -0.15) is 5.26 Å². The third-order valence-corrected chi connectivity index (χ3v) is 4.09. The Balaban J connectivity index is 1.85. The molecular formula is C20H20ClN3O2. The lowest BCUT2D eigenvalue weighted by molar-refractivity contribution is -0.121. The highest BCUT2D eigenvalue weighted by Crippen LogP contribution is 2.16. The molecule has 0 spiro atoms. The molecular weight excluding hydrogens is 350 g/mol. The Hall–Kier alpha value is -2.84. The van der Waals surface area contributed by atoms with Crippen molar-refractivity contribution in [2.45, 2.75) is 19.8 Å². The lowest BCUT2D eigenvalue weighted by atomic mass is 10.1. The maximum absolute atomic E-state index is 12.1. The Bertz CT molecular complexity index is 830. The maximum atomic E-state index is 12.1. The first-order valence-corrected chi connectivity index (χ1v) is 8.67. The second-order valence-electron chi connectivity index (χ2n) is 5.81. The Kier molecular flexibility index (Phi) is 7.19. The Morgan fingerprint density at radius 1 is 1.19 bits per heavy atom. The van der Waals surface area contributed by atoms with Crippen molar-refractivity contribution in [1.29, 1.82) is 5.26 Å². The number of nitrogens with zero attached hydrogens (tertiary/aromatic N) is 2. The number of carbonyl (C=O) groups excluding carboxylic acids is 2. The van der Waals surface area contributed by atoms with Crippen molar-refractivity contribution in [3.63, 3.8) is 0 Å². The first-order chi connectivity index (χ1) is 12.5. The second-order valence-corrected chi connectivity index (χ2v) is 6.25. The molecule has 2 amide bonds. The van der Waals surface area contributed by atoms with Crippen LogP contribution in [0, 0.1) is 11.3 Å². The Labute approximate surface area is 158 Å². The van der Waals surface area contributed by atoms with Crippen LogP contribution in [0.25, 0.3) is 0 Å². The van der Waals surface area contributed by atoms with Gasteiger partial charge in [0.2, 0.25) is 11.8 Å². The first-order valence-electron chi connectivity index (χ1n) is 8.29. The maximum Gasteiger partial charge on any atom is 0.223 e. The summed E-state index contributed by atoms with van der Waals surface area (Å²) in [4.78, 5) is 25.4. The smallest absolute Gasteiger partial charge is 0.223 e. The van der Waals surface area contributed by atoms with Gasteiger partial charge in [0, 0.05) is 37.1 Å². The molecule has 0 radical (unpaired) electrons. The highest BCUT2D eigenvalue weighted by Gasteiger charge is 2.13. The van der Waals surface area contributed by atoms with Crippen LogP contribution in [-0.4, -0.2) is 24.9 Å². The third kappa shape index (κ3) is 5.91. The van der Waals surface area contributed by atoms with Crippen LogP contribution in [-0.2, 0) is 16.0 Å². The van der Waals surface area contributed by atoms with Gasteiger partial charge in [-0.05, 0) is 42.3 Å². The Morgan fingerprint density at radius 3 is 2.65 bits per heavy atom. The highest BCUT2D eigenvalue weighted by molar-refractivity contribution is 6.30. The van der Waals surface area contributed by atoms with E-state index in [0.717, 1.165) is 5.56 Å². The molecule has 0 aliphatic rings. The molecule has 2 rings (SSSR count). The van der Waals surface area contributed by atoms with E-state index in [1.807, 2.05) is 24.3 Å². The van der Waals surface area contributed by atoms with Gasteiger partial charge in [-0.25, -0.2) is 0 Å². The summed E-state index contributed by atoms with van der Waals surface area (Å²) in [7, 11) is 0. The zero-order valence-electron chi connectivity index (χ0n) is 14.5. The lowest BCUT2D eigenvalue weighted by Crippen LogP contribution is -2.34. The van der Waals surface area contributed by atoms with Gasteiger partial charge >= 0.3 is 0 Å². The van der Waals surface area contributed by atoms with Crippen molar-refractivity contribution in [3.05, 3.63) is 64.7 Å². The molecule has 0 heterocycles. The molecule has 0 bridgehead atoms. The fourth-order valence-electron chi connectivity index (χ4n) is 2.55.